The highest BCUT2D eigenvalue weighted by Gasteiger charge is 2.19. The van der Waals surface area contributed by atoms with Crippen LogP contribution < -0.4 is 5.73 Å². The molecule has 1 aromatic carbocycles. The van der Waals surface area contributed by atoms with E-state index < -0.39 is 6.04 Å². The molecule has 6 nitrogen and oxygen atoms in total. The third kappa shape index (κ3) is 2.68. The molecule has 1 atom stereocenters. The van der Waals surface area contributed by atoms with E-state index >= 15 is 0 Å². The Hall–Kier alpha value is -2.54. The van der Waals surface area contributed by atoms with E-state index in [2.05, 4.69) is 15.2 Å². The fraction of sp³-hybridized carbons (Fsp3) is 0.214. The summed E-state index contributed by atoms with van der Waals surface area (Å²) < 4.78 is 20.2. The molecule has 0 fully saturated rings. The zero-order valence-electron chi connectivity index (χ0n) is 11.6. The molecule has 1 unspecified atom stereocenters. The minimum Gasteiger partial charge on any atom is -0.337 e. The number of hydrogen-bond donors (Lipinski definition) is 1. The number of rotatable bonds is 3. The van der Waals surface area contributed by atoms with Crippen LogP contribution in [0.5, 0.6) is 0 Å². The van der Waals surface area contributed by atoms with Gasteiger partial charge in [0.1, 0.15) is 11.9 Å². The van der Waals surface area contributed by atoms with Crippen molar-refractivity contribution in [3.63, 3.8) is 0 Å². The molecule has 0 aliphatic heterocycles. The van der Waals surface area contributed by atoms with E-state index in [0.29, 0.717) is 11.4 Å². The minimum atomic E-state index is -0.561. The number of nitrogens with two attached hydrogens (primary N) is 1. The molecule has 0 aliphatic rings. The van der Waals surface area contributed by atoms with Crippen LogP contribution in [0.15, 0.2) is 35.1 Å². The molecule has 0 saturated carbocycles. The fourth-order valence-corrected chi connectivity index (χ4v) is 2.09. The van der Waals surface area contributed by atoms with Gasteiger partial charge in [-0.3, -0.25) is 4.68 Å². The van der Waals surface area contributed by atoms with Crippen molar-refractivity contribution in [1.82, 2.24) is 19.9 Å². The molecule has 7 heteroatoms. The van der Waals surface area contributed by atoms with Crippen molar-refractivity contribution in [3.8, 4) is 11.4 Å². The van der Waals surface area contributed by atoms with Gasteiger partial charge in [0, 0.05) is 24.4 Å². The minimum absolute atomic E-state index is 0.264. The molecule has 3 rings (SSSR count). The molecule has 2 heterocycles. The van der Waals surface area contributed by atoms with Gasteiger partial charge in [-0.15, -0.1) is 0 Å². The predicted octanol–water partition coefficient (Wildman–Crippen LogP) is 1.97. The third-order valence-corrected chi connectivity index (χ3v) is 3.09. The summed E-state index contributed by atoms with van der Waals surface area (Å²) in [5.74, 6) is 0.236. The normalized spacial score (nSPS) is 12.6. The van der Waals surface area contributed by atoms with E-state index in [4.69, 9.17) is 10.3 Å². The predicted molar refractivity (Wildman–Crippen MR) is 73.7 cm³/mol. The Balaban J connectivity index is 1.92. The van der Waals surface area contributed by atoms with Crippen LogP contribution in [0.3, 0.4) is 0 Å². The lowest BCUT2D eigenvalue weighted by molar-refractivity contribution is 0.367. The number of hydrogen-bond acceptors (Lipinski definition) is 5. The summed E-state index contributed by atoms with van der Waals surface area (Å²) in [7, 11) is 1.80. The first kappa shape index (κ1) is 13.4. The van der Waals surface area contributed by atoms with E-state index in [-0.39, 0.29) is 11.7 Å². The van der Waals surface area contributed by atoms with Crippen LogP contribution in [0, 0.1) is 12.7 Å². The van der Waals surface area contributed by atoms with Gasteiger partial charge in [-0.05, 0) is 30.7 Å². The lowest BCUT2D eigenvalue weighted by Crippen LogP contribution is -2.11. The standard InChI is InChI=1S/C14H14FN5O/c1-8-3-9(5-11(15)4-8)13-18-14(21-19-13)12(16)10-6-17-20(2)7-10/h3-7,12H,16H2,1-2H3. The maximum Gasteiger partial charge on any atom is 0.248 e. The molecule has 0 spiro atoms. The van der Waals surface area contributed by atoms with Crippen LogP contribution in [0.25, 0.3) is 11.4 Å². The first-order chi connectivity index (χ1) is 10.0. The van der Waals surface area contributed by atoms with Gasteiger partial charge in [0.05, 0.1) is 6.20 Å². The molecule has 0 saturated heterocycles. The Bertz CT molecular complexity index is 759. The van der Waals surface area contributed by atoms with Crippen molar-refractivity contribution in [2.24, 2.45) is 12.8 Å². The second-order valence-electron chi connectivity index (χ2n) is 4.90. The average Bonchev–Trinajstić information content (AvgIpc) is 3.05. The van der Waals surface area contributed by atoms with Gasteiger partial charge in [-0.1, -0.05) is 5.16 Å². The highest BCUT2D eigenvalue weighted by molar-refractivity contribution is 5.55. The summed E-state index contributed by atoms with van der Waals surface area (Å²) in [6.07, 6.45) is 3.42. The molecule has 0 aliphatic carbocycles. The molecular formula is C14H14FN5O. The topological polar surface area (TPSA) is 82.8 Å². The van der Waals surface area contributed by atoms with Crippen LogP contribution in [-0.4, -0.2) is 19.9 Å². The lowest BCUT2D eigenvalue weighted by atomic mass is 10.1. The summed E-state index contributed by atoms with van der Waals surface area (Å²) in [6, 6.07) is 4.02. The fourth-order valence-electron chi connectivity index (χ4n) is 2.09. The van der Waals surface area contributed by atoms with Gasteiger partial charge in [0.2, 0.25) is 11.7 Å². The van der Waals surface area contributed by atoms with E-state index in [1.54, 1.807) is 37.1 Å². The van der Waals surface area contributed by atoms with Crippen LogP contribution in [0.1, 0.15) is 23.1 Å². The van der Waals surface area contributed by atoms with E-state index in [1.165, 1.54) is 12.1 Å². The molecule has 0 radical (unpaired) electrons. The van der Waals surface area contributed by atoms with Crippen molar-refractivity contribution in [3.05, 3.63) is 53.4 Å². The first-order valence-electron chi connectivity index (χ1n) is 6.38. The Morgan fingerprint density at radius 3 is 2.81 bits per heavy atom. The summed E-state index contributed by atoms with van der Waals surface area (Å²) in [5.41, 5.74) is 8.17. The maximum absolute atomic E-state index is 13.4. The van der Waals surface area contributed by atoms with Gasteiger partial charge >= 0.3 is 0 Å². The van der Waals surface area contributed by atoms with E-state index in [0.717, 1.165) is 11.1 Å². The molecule has 3 aromatic rings. The summed E-state index contributed by atoms with van der Waals surface area (Å²) in [4.78, 5) is 4.24. The highest BCUT2D eigenvalue weighted by Crippen LogP contribution is 2.23. The van der Waals surface area contributed by atoms with E-state index in [1.807, 2.05) is 0 Å². The Labute approximate surface area is 120 Å². The van der Waals surface area contributed by atoms with Crippen LogP contribution in [0.4, 0.5) is 4.39 Å². The number of aromatic nitrogens is 4. The molecule has 21 heavy (non-hydrogen) atoms. The van der Waals surface area contributed by atoms with Gasteiger partial charge in [-0.2, -0.15) is 10.1 Å². The van der Waals surface area contributed by atoms with Crippen LogP contribution in [0.2, 0.25) is 0 Å². The second-order valence-corrected chi connectivity index (χ2v) is 4.90. The van der Waals surface area contributed by atoms with Gasteiger partial charge in [-0.25, -0.2) is 4.39 Å². The van der Waals surface area contributed by atoms with Crippen molar-refractivity contribution < 1.29 is 8.91 Å². The Kier molecular flexibility index (Phi) is 3.26. The SMILES string of the molecule is Cc1cc(F)cc(-c2noc(C(N)c3cnn(C)c3)n2)c1. The zero-order valence-corrected chi connectivity index (χ0v) is 11.6. The van der Waals surface area contributed by atoms with Crippen molar-refractivity contribution >= 4 is 0 Å². The van der Waals surface area contributed by atoms with Gasteiger partial charge in [0.15, 0.2) is 0 Å². The number of nitrogens with zero attached hydrogens (tertiary/aromatic N) is 4. The highest BCUT2D eigenvalue weighted by atomic mass is 19.1. The zero-order chi connectivity index (χ0) is 15.0. The summed E-state index contributed by atoms with van der Waals surface area (Å²) >= 11 is 0. The molecule has 2 aromatic heterocycles. The smallest absolute Gasteiger partial charge is 0.248 e. The molecule has 108 valence electrons. The Morgan fingerprint density at radius 1 is 1.33 bits per heavy atom. The molecular weight excluding hydrogens is 273 g/mol. The van der Waals surface area contributed by atoms with Crippen LogP contribution in [-0.2, 0) is 7.05 Å². The quantitative estimate of drug-likeness (QED) is 0.796. The van der Waals surface area contributed by atoms with Crippen molar-refractivity contribution in [2.45, 2.75) is 13.0 Å². The number of benzene rings is 1. The molecule has 0 amide bonds. The summed E-state index contributed by atoms with van der Waals surface area (Å²) in [5, 5.41) is 7.91. The van der Waals surface area contributed by atoms with E-state index in [9.17, 15) is 4.39 Å². The van der Waals surface area contributed by atoms with Gasteiger partial charge in [0.25, 0.3) is 0 Å². The lowest BCUT2D eigenvalue weighted by Gasteiger charge is -2.01. The first-order valence-corrected chi connectivity index (χ1v) is 6.38. The largest absolute Gasteiger partial charge is 0.337 e. The van der Waals surface area contributed by atoms with Crippen molar-refractivity contribution in [1.29, 1.82) is 0 Å². The summed E-state index contributed by atoms with van der Waals surface area (Å²) in [6.45, 7) is 1.80. The third-order valence-electron chi connectivity index (χ3n) is 3.09. The molecule has 2 N–H and O–H groups in total. The maximum atomic E-state index is 13.4. The van der Waals surface area contributed by atoms with Crippen molar-refractivity contribution in [2.75, 3.05) is 0 Å². The molecule has 0 bridgehead atoms. The second kappa shape index (κ2) is 5.10. The number of aryl methyl sites for hydroxylation is 2. The van der Waals surface area contributed by atoms with Crippen LogP contribution >= 0.6 is 0 Å². The average molecular weight is 287 g/mol. The monoisotopic (exact) mass is 287 g/mol. The van der Waals surface area contributed by atoms with Gasteiger partial charge < -0.3 is 10.3 Å². The number of halogens is 1. The Morgan fingerprint density at radius 2 is 2.14 bits per heavy atom.